The molecule has 0 unspecified atom stereocenters. The fraction of sp³-hybridized carbons (Fsp3) is 0.143. The Morgan fingerprint density at radius 2 is 2.00 bits per heavy atom. The van der Waals surface area contributed by atoms with E-state index in [1.807, 2.05) is 6.07 Å². The van der Waals surface area contributed by atoms with Crippen LogP contribution >= 0.6 is 0 Å². The number of hydrogen-bond acceptors (Lipinski definition) is 3. The average molecular weight is 238 g/mol. The molecule has 0 aliphatic carbocycles. The standard InChI is InChI=1S/C14H14N4/c1-9-2-4-10(5-3-9)13-14-12(16-8-17-14)6-11(7-15)18-13/h2-6,8H,7,15H2,1H3,(H,16,17). The Balaban J connectivity index is 2.26. The fourth-order valence-corrected chi connectivity index (χ4v) is 2.02. The summed E-state index contributed by atoms with van der Waals surface area (Å²) in [6.07, 6.45) is 1.68. The molecule has 3 rings (SSSR count). The predicted octanol–water partition coefficient (Wildman–Crippen LogP) is 2.39. The SMILES string of the molecule is Cc1ccc(-c2nc(CN)cc3[nH]cnc23)cc1. The number of H-pyrrole nitrogens is 1. The van der Waals surface area contributed by atoms with Gasteiger partial charge in [0.2, 0.25) is 0 Å². The lowest BCUT2D eigenvalue weighted by atomic mass is 10.1. The van der Waals surface area contributed by atoms with Crippen molar-refractivity contribution < 1.29 is 0 Å². The molecule has 4 heteroatoms. The molecule has 0 bridgehead atoms. The van der Waals surface area contributed by atoms with Crippen molar-refractivity contribution in [3.8, 4) is 11.3 Å². The Kier molecular flexibility index (Phi) is 2.57. The number of pyridine rings is 1. The van der Waals surface area contributed by atoms with Gasteiger partial charge < -0.3 is 10.7 Å². The minimum atomic E-state index is 0.424. The van der Waals surface area contributed by atoms with Crippen LogP contribution in [0.3, 0.4) is 0 Å². The van der Waals surface area contributed by atoms with Crippen molar-refractivity contribution in [3.63, 3.8) is 0 Å². The monoisotopic (exact) mass is 238 g/mol. The molecule has 0 radical (unpaired) electrons. The van der Waals surface area contributed by atoms with Crippen molar-refractivity contribution in [2.75, 3.05) is 0 Å². The molecule has 4 nitrogen and oxygen atoms in total. The normalized spacial score (nSPS) is 11.0. The van der Waals surface area contributed by atoms with Crippen molar-refractivity contribution in [1.82, 2.24) is 15.0 Å². The van der Waals surface area contributed by atoms with E-state index in [1.165, 1.54) is 5.56 Å². The van der Waals surface area contributed by atoms with Crippen molar-refractivity contribution >= 4 is 11.0 Å². The lowest BCUT2D eigenvalue weighted by Crippen LogP contribution is -2.01. The first kappa shape index (κ1) is 10.9. The second-order valence-corrected chi connectivity index (χ2v) is 4.33. The molecule has 0 saturated heterocycles. The molecule has 0 fully saturated rings. The predicted molar refractivity (Wildman–Crippen MR) is 72.0 cm³/mol. The average Bonchev–Trinajstić information content (AvgIpc) is 2.86. The maximum absolute atomic E-state index is 5.68. The van der Waals surface area contributed by atoms with Crippen LogP contribution in [-0.2, 0) is 6.54 Å². The highest BCUT2D eigenvalue weighted by molar-refractivity contribution is 5.89. The van der Waals surface area contributed by atoms with Gasteiger partial charge in [0.05, 0.1) is 23.2 Å². The lowest BCUT2D eigenvalue weighted by Gasteiger charge is -2.05. The first-order chi connectivity index (χ1) is 8.78. The fourth-order valence-electron chi connectivity index (χ4n) is 2.02. The third-order valence-corrected chi connectivity index (χ3v) is 2.99. The Morgan fingerprint density at radius 1 is 1.22 bits per heavy atom. The van der Waals surface area contributed by atoms with Crippen LogP contribution in [0.5, 0.6) is 0 Å². The largest absolute Gasteiger partial charge is 0.344 e. The molecule has 3 aromatic rings. The molecule has 0 aliphatic rings. The second kappa shape index (κ2) is 4.23. The first-order valence-corrected chi connectivity index (χ1v) is 5.88. The molecule has 1 aromatic carbocycles. The van der Waals surface area contributed by atoms with E-state index in [-0.39, 0.29) is 0 Å². The quantitative estimate of drug-likeness (QED) is 0.720. The van der Waals surface area contributed by atoms with Gasteiger partial charge in [0.1, 0.15) is 5.52 Å². The molecule has 2 heterocycles. The van der Waals surface area contributed by atoms with Gasteiger partial charge in [-0.05, 0) is 13.0 Å². The second-order valence-electron chi connectivity index (χ2n) is 4.33. The highest BCUT2D eigenvalue weighted by Crippen LogP contribution is 2.25. The van der Waals surface area contributed by atoms with E-state index in [2.05, 4.69) is 46.1 Å². The van der Waals surface area contributed by atoms with Crippen molar-refractivity contribution in [1.29, 1.82) is 0 Å². The Labute approximate surface area is 105 Å². The summed E-state index contributed by atoms with van der Waals surface area (Å²) in [7, 11) is 0. The van der Waals surface area contributed by atoms with Crippen LogP contribution in [0.1, 0.15) is 11.3 Å². The number of nitrogens with zero attached hydrogens (tertiary/aromatic N) is 2. The summed E-state index contributed by atoms with van der Waals surface area (Å²) in [6, 6.07) is 10.2. The van der Waals surface area contributed by atoms with Crippen molar-refractivity contribution in [2.45, 2.75) is 13.5 Å². The van der Waals surface area contributed by atoms with Crippen LogP contribution in [0.4, 0.5) is 0 Å². The summed E-state index contributed by atoms with van der Waals surface area (Å²) in [5, 5.41) is 0. The van der Waals surface area contributed by atoms with Crippen LogP contribution in [0.15, 0.2) is 36.7 Å². The van der Waals surface area contributed by atoms with Crippen LogP contribution in [0.2, 0.25) is 0 Å². The van der Waals surface area contributed by atoms with Crippen LogP contribution in [0.25, 0.3) is 22.3 Å². The number of hydrogen-bond donors (Lipinski definition) is 2. The van der Waals surface area contributed by atoms with Crippen LogP contribution in [0, 0.1) is 6.92 Å². The molecule has 2 aromatic heterocycles. The zero-order valence-corrected chi connectivity index (χ0v) is 10.1. The summed E-state index contributed by atoms with van der Waals surface area (Å²) in [5.41, 5.74) is 11.6. The van der Waals surface area contributed by atoms with Gasteiger partial charge in [-0.15, -0.1) is 0 Å². The van der Waals surface area contributed by atoms with E-state index in [1.54, 1.807) is 6.33 Å². The molecule has 0 amide bonds. The van der Waals surface area contributed by atoms with Gasteiger partial charge >= 0.3 is 0 Å². The van der Waals surface area contributed by atoms with Crippen molar-refractivity contribution in [2.24, 2.45) is 5.73 Å². The summed E-state index contributed by atoms with van der Waals surface area (Å²) < 4.78 is 0. The number of benzene rings is 1. The van der Waals surface area contributed by atoms with E-state index < -0.39 is 0 Å². The summed E-state index contributed by atoms with van der Waals surface area (Å²) in [5.74, 6) is 0. The zero-order valence-electron chi connectivity index (χ0n) is 10.1. The van der Waals surface area contributed by atoms with Gasteiger partial charge in [-0.1, -0.05) is 29.8 Å². The number of aromatic nitrogens is 3. The summed E-state index contributed by atoms with van der Waals surface area (Å²) in [4.78, 5) is 12.0. The number of rotatable bonds is 2. The lowest BCUT2D eigenvalue weighted by molar-refractivity contribution is 0.999. The summed E-state index contributed by atoms with van der Waals surface area (Å²) in [6.45, 7) is 2.49. The van der Waals surface area contributed by atoms with E-state index in [0.29, 0.717) is 6.54 Å². The Bertz CT molecular complexity index is 683. The molecular weight excluding hydrogens is 224 g/mol. The molecule has 0 spiro atoms. The van der Waals surface area contributed by atoms with E-state index in [0.717, 1.165) is 28.0 Å². The zero-order chi connectivity index (χ0) is 12.5. The number of aromatic amines is 1. The van der Waals surface area contributed by atoms with Gasteiger partial charge in [0.15, 0.2) is 0 Å². The van der Waals surface area contributed by atoms with E-state index >= 15 is 0 Å². The topological polar surface area (TPSA) is 67.6 Å². The first-order valence-electron chi connectivity index (χ1n) is 5.88. The van der Waals surface area contributed by atoms with E-state index in [9.17, 15) is 0 Å². The van der Waals surface area contributed by atoms with Gasteiger partial charge in [-0.3, -0.25) is 0 Å². The van der Waals surface area contributed by atoms with Gasteiger partial charge in [-0.2, -0.15) is 0 Å². The van der Waals surface area contributed by atoms with Crippen LogP contribution < -0.4 is 5.73 Å². The minimum Gasteiger partial charge on any atom is -0.344 e. The highest BCUT2D eigenvalue weighted by atomic mass is 14.9. The molecule has 90 valence electrons. The van der Waals surface area contributed by atoms with Gasteiger partial charge in [0.25, 0.3) is 0 Å². The van der Waals surface area contributed by atoms with Crippen LogP contribution in [-0.4, -0.2) is 15.0 Å². The Hall–Kier alpha value is -2.20. The molecule has 0 atom stereocenters. The maximum Gasteiger partial charge on any atom is 0.115 e. The number of imidazole rings is 1. The number of aryl methyl sites for hydroxylation is 1. The molecule has 0 saturated carbocycles. The number of nitrogens with one attached hydrogen (secondary N) is 1. The van der Waals surface area contributed by atoms with Gasteiger partial charge in [0, 0.05) is 12.1 Å². The molecule has 3 N–H and O–H groups in total. The minimum absolute atomic E-state index is 0.424. The number of fused-ring (bicyclic) bond motifs is 1. The highest BCUT2D eigenvalue weighted by Gasteiger charge is 2.09. The summed E-state index contributed by atoms with van der Waals surface area (Å²) >= 11 is 0. The maximum atomic E-state index is 5.68. The third-order valence-electron chi connectivity index (χ3n) is 2.99. The van der Waals surface area contributed by atoms with E-state index in [4.69, 9.17) is 5.73 Å². The smallest absolute Gasteiger partial charge is 0.115 e. The number of nitrogens with two attached hydrogens (primary N) is 1. The Morgan fingerprint density at radius 3 is 2.72 bits per heavy atom. The third kappa shape index (κ3) is 1.76. The molecule has 18 heavy (non-hydrogen) atoms. The van der Waals surface area contributed by atoms with Crippen molar-refractivity contribution in [3.05, 3.63) is 47.9 Å². The van der Waals surface area contributed by atoms with Gasteiger partial charge in [-0.25, -0.2) is 9.97 Å². The molecule has 0 aliphatic heterocycles. The molecular formula is C14H14N4.